The third kappa shape index (κ3) is 8.40. The minimum Gasteiger partial charge on any atom is -0.352 e. The summed E-state index contributed by atoms with van der Waals surface area (Å²) in [6.07, 6.45) is 1.38. The summed E-state index contributed by atoms with van der Waals surface area (Å²) in [4.78, 5) is 27.8. The molecule has 0 spiro atoms. The Morgan fingerprint density at radius 2 is 1.71 bits per heavy atom. The maximum Gasteiger partial charge on any atom is 0.243 e. The fraction of sp³-hybridized carbons (Fsp3) is 0.417. The highest BCUT2D eigenvalue weighted by Crippen LogP contribution is 2.20. The van der Waals surface area contributed by atoms with Crippen LogP contribution in [0.15, 0.2) is 48.5 Å². The van der Waals surface area contributed by atoms with Crippen molar-refractivity contribution in [1.29, 1.82) is 0 Å². The van der Waals surface area contributed by atoms with E-state index in [4.69, 9.17) is 23.2 Å². The quantitative estimate of drug-likeness (QED) is 0.432. The van der Waals surface area contributed by atoms with Gasteiger partial charge in [0.05, 0.1) is 5.75 Å². The topological polar surface area (TPSA) is 49.4 Å². The monoisotopic (exact) mass is 480 g/mol. The summed E-state index contributed by atoms with van der Waals surface area (Å²) < 4.78 is 0. The predicted octanol–water partition coefficient (Wildman–Crippen LogP) is 5.95. The van der Waals surface area contributed by atoms with Crippen molar-refractivity contribution in [3.05, 3.63) is 69.7 Å². The van der Waals surface area contributed by atoms with Gasteiger partial charge in [-0.15, -0.1) is 11.8 Å². The Morgan fingerprint density at radius 1 is 1.00 bits per heavy atom. The van der Waals surface area contributed by atoms with Crippen molar-refractivity contribution >= 4 is 46.8 Å². The lowest BCUT2D eigenvalue weighted by Crippen LogP contribution is -2.51. The second-order valence-electron chi connectivity index (χ2n) is 7.51. The van der Waals surface area contributed by atoms with Crippen LogP contribution >= 0.6 is 35.0 Å². The molecule has 31 heavy (non-hydrogen) atoms. The standard InChI is InChI=1S/C24H30Cl2N2O2S/c1-4-17(3)27-24(30)22(5-2)28(14-18-9-11-20(25)12-10-18)23(29)16-31-15-19-7-6-8-21(26)13-19/h6-13,17,22H,4-5,14-16H2,1-3H3,(H,27,30). The summed E-state index contributed by atoms with van der Waals surface area (Å²) in [6.45, 7) is 6.29. The van der Waals surface area contributed by atoms with Gasteiger partial charge in [-0.3, -0.25) is 9.59 Å². The Bertz CT molecular complexity index is 861. The van der Waals surface area contributed by atoms with Crippen LogP contribution in [0.2, 0.25) is 10.0 Å². The second-order valence-corrected chi connectivity index (χ2v) is 9.37. The van der Waals surface area contributed by atoms with Crippen LogP contribution in [-0.2, 0) is 21.9 Å². The molecule has 168 valence electrons. The summed E-state index contributed by atoms with van der Waals surface area (Å²) in [5.41, 5.74) is 2.00. The summed E-state index contributed by atoms with van der Waals surface area (Å²) in [7, 11) is 0. The lowest BCUT2D eigenvalue weighted by molar-refractivity contribution is -0.139. The molecule has 0 fully saturated rings. The van der Waals surface area contributed by atoms with E-state index in [2.05, 4.69) is 5.32 Å². The number of benzene rings is 2. The van der Waals surface area contributed by atoms with Gasteiger partial charge < -0.3 is 10.2 Å². The van der Waals surface area contributed by atoms with Crippen LogP contribution in [0.5, 0.6) is 0 Å². The highest BCUT2D eigenvalue weighted by Gasteiger charge is 2.29. The molecule has 0 saturated carbocycles. The van der Waals surface area contributed by atoms with Crippen molar-refractivity contribution in [3.63, 3.8) is 0 Å². The highest BCUT2D eigenvalue weighted by molar-refractivity contribution is 7.99. The minimum atomic E-state index is -0.524. The largest absolute Gasteiger partial charge is 0.352 e. The number of carbonyl (C=O) groups is 2. The van der Waals surface area contributed by atoms with Crippen LogP contribution in [0.1, 0.15) is 44.7 Å². The molecule has 2 aromatic carbocycles. The average Bonchev–Trinajstić information content (AvgIpc) is 2.74. The van der Waals surface area contributed by atoms with E-state index in [9.17, 15) is 9.59 Å². The predicted molar refractivity (Wildman–Crippen MR) is 132 cm³/mol. The van der Waals surface area contributed by atoms with Crippen LogP contribution in [0.25, 0.3) is 0 Å². The molecule has 0 aliphatic heterocycles. The number of rotatable bonds is 11. The van der Waals surface area contributed by atoms with Crippen molar-refractivity contribution < 1.29 is 9.59 Å². The van der Waals surface area contributed by atoms with Crippen molar-refractivity contribution in [1.82, 2.24) is 10.2 Å². The first kappa shape index (κ1) is 25.6. The average molecular weight is 481 g/mol. The van der Waals surface area contributed by atoms with Crippen molar-refractivity contribution in [2.75, 3.05) is 5.75 Å². The van der Waals surface area contributed by atoms with E-state index in [-0.39, 0.29) is 23.6 Å². The third-order valence-electron chi connectivity index (χ3n) is 5.04. The van der Waals surface area contributed by atoms with Gasteiger partial charge in [-0.05, 0) is 55.2 Å². The maximum atomic E-state index is 13.2. The molecule has 0 aliphatic rings. The number of halogens is 2. The number of carbonyl (C=O) groups excluding carboxylic acids is 2. The first-order valence-electron chi connectivity index (χ1n) is 10.5. The maximum absolute atomic E-state index is 13.2. The van der Waals surface area contributed by atoms with Gasteiger partial charge in [-0.25, -0.2) is 0 Å². The van der Waals surface area contributed by atoms with E-state index in [0.717, 1.165) is 17.5 Å². The number of thioether (sulfide) groups is 1. The van der Waals surface area contributed by atoms with E-state index in [0.29, 0.717) is 28.8 Å². The zero-order valence-electron chi connectivity index (χ0n) is 18.2. The third-order valence-corrected chi connectivity index (χ3v) is 6.51. The molecule has 0 bridgehead atoms. The van der Waals surface area contributed by atoms with Gasteiger partial charge in [0.1, 0.15) is 6.04 Å². The van der Waals surface area contributed by atoms with Crippen molar-refractivity contribution in [2.45, 2.75) is 58.0 Å². The Morgan fingerprint density at radius 3 is 2.32 bits per heavy atom. The molecule has 0 aromatic heterocycles. The molecule has 2 atom stereocenters. The van der Waals surface area contributed by atoms with E-state index >= 15 is 0 Å². The van der Waals surface area contributed by atoms with Crippen LogP contribution in [0.4, 0.5) is 0 Å². The van der Waals surface area contributed by atoms with Crippen LogP contribution in [-0.4, -0.2) is 34.6 Å². The van der Waals surface area contributed by atoms with Crippen molar-refractivity contribution in [2.24, 2.45) is 0 Å². The second kappa shape index (κ2) is 13.0. The van der Waals surface area contributed by atoms with E-state index < -0.39 is 6.04 Å². The summed E-state index contributed by atoms with van der Waals surface area (Å²) >= 11 is 13.6. The highest BCUT2D eigenvalue weighted by atomic mass is 35.5. The Hall–Kier alpha value is -1.69. The van der Waals surface area contributed by atoms with Crippen LogP contribution in [0.3, 0.4) is 0 Å². The van der Waals surface area contributed by atoms with Crippen LogP contribution in [0, 0.1) is 0 Å². The fourth-order valence-electron chi connectivity index (χ4n) is 3.11. The number of amides is 2. The normalized spacial score (nSPS) is 12.8. The molecular weight excluding hydrogens is 451 g/mol. The lowest BCUT2D eigenvalue weighted by Gasteiger charge is -2.31. The minimum absolute atomic E-state index is 0.0613. The number of nitrogens with one attached hydrogen (secondary N) is 1. The molecule has 7 heteroatoms. The zero-order chi connectivity index (χ0) is 22.8. The molecule has 4 nitrogen and oxygen atoms in total. The Labute approximate surface area is 199 Å². The SMILES string of the molecule is CCC(C)NC(=O)C(CC)N(Cc1ccc(Cl)cc1)C(=O)CSCc1cccc(Cl)c1. The summed E-state index contributed by atoms with van der Waals surface area (Å²) in [5.74, 6) is 0.789. The molecule has 0 heterocycles. The van der Waals surface area contributed by atoms with Gasteiger partial charge in [-0.1, -0.05) is 61.3 Å². The van der Waals surface area contributed by atoms with Gasteiger partial charge in [0.25, 0.3) is 0 Å². The number of hydrogen-bond donors (Lipinski definition) is 1. The zero-order valence-corrected chi connectivity index (χ0v) is 20.6. The van der Waals surface area contributed by atoms with Crippen LogP contribution < -0.4 is 5.32 Å². The van der Waals surface area contributed by atoms with E-state index in [1.165, 1.54) is 11.8 Å². The molecule has 0 aliphatic carbocycles. The molecule has 0 saturated heterocycles. The van der Waals surface area contributed by atoms with Gasteiger partial charge in [0, 0.05) is 28.4 Å². The lowest BCUT2D eigenvalue weighted by atomic mass is 10.1. The summed E-state index contributed by atoms with van der Waals surface area (Å²) in [6, 6.07) is 14.5. The molecule has 1 N–H and O–H groups in total. The van der Waals surface area contributed by atoms with Gasteiger partial charge >= 0.3 is 0 Å². The fourth-order valence-corrected chi connectivity index (χ4v) is 4.31. The molecule has 0 radical (unpaired) electrons. The summed E-state index contributed by atoms with van der Waals surface area (Å²) in [5, 5.41) is 4.34. The van der Waals surface area contributed by atoms with Gasteiger partial charge in [0.2, 0.25) is 11.8 Å². The first-order valence-corrected chi connectivity index (χ1v) is 12.4. The molecule has 2 amide bonds. The van der Waals surface area contributed by atoms with E-state index in [1.54, 1.807) is 17.0 Å². The molecule has 2 unspecified atom stereocenters. The van der Waals surface area contributed by atoms with Gasteiger partial charge in [-0.2, -0.15) is 0 Å². The van der Waals surface area contributed by atoms with Gasteiger partial charge in [0.15, 0.2) is 0 Å². The Balaban J connectivity index is 2.13. The molecular formula is C24H30Cl2N2O2S. The Kier molecular flexibility index (Phi) is 10.7. The first-order chi connectivity index (χ1) is 14.8. The smallest absolute Gasteiger partial charge is 0.243 e. The number of hydrogen-bond acceptors (Lipinski definition) is 3. The molecule has 2 rings (SSSR count). The number of nitrogens with zero attached hydrogens (tertiary/aromatic N) is 1. The van der Waals surface area contributed by atoms with Crippen molar-refractivity contribution in [3.8, 4) is 0 Å². The molecule has 2 aromatic rings. The van der Waals surface area contributed by atoms with E-state index in [1.807, 2.05) is 57.2 Å².